The van der Waals surface area contributed by atoms with Crippen molar-refractivity contribution < 1.29 is 32.8 Å². The lowest BCUT2D eigenvalue weighted by molar-refractivity contribution is -0.154. The summed E-state index contributed by atoms with van der Waals surface area (Å²) in [7, 11) is -4.29. The topological polar surface area (TPSA) is 117 Å². The Balaban J connectivity index is 3.99. The Bertz CT molecular complexity index is 968. The number of ether oxygens (including phenoxy) is 2. The summed E-state index contributed by atoms with van der Waals surface area (Å²) in [5.74, 6) is -0.408. The third-order valence-corrected chi connectivity index (χ3v) is 10.3. The molecule has 0 amide bonds. The van der Waals surface area contributed by atoms with E-state index in [1.54, 1.807) is 0 Å². The Morgan fingerprint density at radius 1 is 0.574 bits per heavy atom. The van der Waals surface area contributed by atoms with Crippen molar-refractivity contribution in [3.63, 3.8) is 0 Å². The van der Waals surface area contributed by atoms with Crippen LogP contribution in [0.25, 0.3) is 0 Å². The van der Waals surface area contributed by atoms with Crippen molar-refractivity contribution in [2.75, 3.05) is 33.0 Å². The molecule has 0 aliphatic heterocycles. The molecule has 0 aromatic rings. The second kappa shape index (κ2) is 42.6. The fourth-order valence-electron chi connectivity index (χ4n) is 6.07. The van der Waals surface area contributed by atoms with Crippen LogP contribution >= 0.6 is 7.82 Å². The maximum atomic E-state index is 12.5. The van der Waals surface area contributed by atoms with Crippen LogP contribution in [0.1, 0.15) is 194 Å². The lowest BCUT2D eigenvalue weighted by Crippen LogP contribution is -2.28. The van der Waals surface area contributed by atoms with Crippen LogP contribution in [-0.4, -0.2) is 49.9 Å². The van der Waals surface area contributed by atoms with Gasteiger partial charge in [-0.2, -0.15) is 0 Å². The van der Waals surface area contributed by atoms with Crippen LogP contribution in [0.15, 0.2) is 48.6 Å². The van der Waals surface area contributed by atoms with E-state index in [-0.39, 0.29) is 32.8 Å². The maximum Gasteiger partial charge on any atom is 0.472 e. The molecular formula is C45H84NO7P. The highest BCUT2D eigenvalue weighted by atomic mass is 31.2. The molecule has 8 nitrogen and oxygen atoms in total. The number of hydrogen-bond donors (Lipinski definition) is 2. The average Bonchev–Trinajstić information content (AvgIpc) is 3.16. The highest BCUT2D eigenvalue weighted by Gasteiger charge is 2.25. The number of allylic oxidation sites excluding steroid dienone is 8. The van der Waals surface area contributed by atoms with E-state index in [1.807, 2.05) is 12.2 Å². The molecule has 0 aliphatic carbocycles. The van der Waals surface area contributed by atoms with Gasteiger partial charge in [-0.05, 0) is 38.5 Å². The maximum absolute atomic E-state index is 12.5. The third kappa shape index (κ3) is 41.6. The van der Waals surface area contributed by atoms with Gasteiger partial charge >= 0.3 is 13.8 Å². The number of carbonyl (C=O) groups is 1. The molecule has 9 heteroatoms. The second-order valence-corrected chi connectivity index (χ2v) is 16.0. The minimum Gasteiger partial charge on any atom is -0.457 e. The Morgan fingerprint density at radius 2 is 1.00 bits per heavy atom. The standard InChI is InChI=1S/C45H84NO7P/c1-3-5-7-9-11-13-15-17-18-19-20-21-22-23-24-25-27-29-31-33-35-37-40-50-42-44(43-52-54(48,49)51-41-39-46)53-45(47)38-36-34-32-30-28-26-16-14-12-10-8-6-4-2/h6,8,12,14,26,28,32,34,44H,3-5,7,9-11,13,15-25,27,29-31,33,35-43,46H2,1-2H3,(H,48,49)/b8-6-,14-12-,28-26-,34-32-. The number of phosphoric acid groups is 1. The van der Waals surface area contributed by atoms with Crippen molar-refractivity contribution >= 4 is 13.8 Å². The quantitative estimate of drug-likeness (QED) is 0.0272. The average molecular weight is 782 g/mol. The summed E-state index contributed by atoms with van der Waals surface area (Å²) in [6, 6.07) is 0. The number of rotatable bonds is 42. The van der Waals surface area contributed by atoms with Crippen LogP contribution in [0, 0.1) is 0 Å². The molecule has 0 aromatic carbocycles. The van der Waals surface area contributed by atoms with Gasteiger partial charge in [0, 0.05) is 19.6 Å². The number of hydrogen-bond acceptors (Lipinski definition) is 7. The molecule has 54 heavy (non-hydrogen) atoms. The predicted octanol–water partition coefficient (Wildman–Crippen LogP) is 13.2. The summed E-state index contributed by atoms with van der Waals surface area (Å²) in [6.07, 6.45) is 50.2. The summed E-state index contributed by atoms with van der Waals surface area (Å²) in [5.41, 5.74) is 5.36. The predicted molar refractivity (Wildman–Crippen MR) is 229 cm³/mol. The number of carbonyl (C=O) groups excluding carboxylic acids is 1. The number of unbranched alkanes of at least 4 members (excludes halogenated alkanes) is 21. The zero-order valence-corrected chi connectivity index (χ0v) is 35.8. The minimum absolute atomic E-state index is 0.0891. The van der Waals surface area contributed by atoms with Gasteiger partial charge in [-0.3, -0.25) is 13.8 Å². The van der Waals surface area contributed by atoms with Crippen LogP contribution in [0.2, 0.25) is 0 Å². The summed E-state index contributed by atoms with van der Waals surface area (Å²) < 4.78 is 33.3. The second-order valence-electron chi connectivity index (χ2n) is 14.5. The normalized spacial score (nSPS) is 13.9. The Kier molecular flexibility index (Phi) is 41.4. The minimum atomic E-state index is -4.29. The van der Waals surface area contributed by atoms with Gasteiger partial charge in [0.25, 0.3) is 0 Å². The highest BCUT2D eigenvalue weighted by Crippen LogP contribution is 2.43. The van der Waals surface area contributed by atoms with Gasteiger partial charge in [-0.25, -0.2) is 4.57 Å². The molecule has 0 rings (SSSR count). The van der Waals surface area contributed by atoms with E-state index >= 15 is 0 Å². The van der Waals surface area contributed by atoms with Gasteiger partial charge in [0.05, 0.1) is 19.8 Å². The molecule has 316 valence electrons. The SMILES string of the molecule is CC/C=C\C/C=C\C/C=C\C/C=C\CCC(=O)OC(COCCCCCCCCCCCCCCCCCCCCCCCC)COP(=O)(O)OCCN. The van der Waals surface area contributed by atoms with Crippen LogP contribution in [-0.2, 0) is 27.9 Å². The fraction of sp³-hybridized carbons (Fsp3) is 0.800. The highest BCUT2D eigenvalue weighted by molar-refractivity contribution is 7.47. The zero-order chi connectivity index (χ0) is 39.5. The Hall–Kier alpha value is -1.54. The molecule has 0 saturated heterocycles. The van der Waals surface area contributed by atoms with Gasteiger partial charge in [0.15, 0.2) is 0 Å². The molecule has 0 spiro atoms. The van der Waals surface area contributed by atoms with Gasteiger partial charge in [0.2, 0.25) is 0 Å². The van der Waals surface area contributed by atoms with Gasteiger partial charge in [-0.1, -0.05) is 197 Å². The molecule has 0 heterocycles. The smallest absolute Gasteiger partial charge is 0.457 e. The molecule has 0 bridgehead atoms. The molecule has 3 N–H and O–H groups in total. The summed E-state index contributed by atoms with van der Waals surface area (Å²) >= 11 is 0. The van der Waals surface area contributed by atoms with Crippen LogP contribution in [0.3, 0.4) is 0 Å². The molecule has 0 saturated carbocycles. The van der Waals surface area contributed by atoms with E-state index in [4.69, 9.17) is 24.3 Å². The van der Waals surface area contributed by atoms with E-state index in [9.17, 15) is 14.3 Å². The lowest BCUT2D eigenvalue weighted by Gasteiger charge is -2.20. The van der Waals surface area contributed by atoms with Gasteiger partial charge in [-0.15, -0.1) is 0 Å². The number of esters is 1. The van der Waals surface area contributed by atoms with E-state index in [1.165, 1.54) is 128 Å². The third-order valence-electron chi connectivity index (χ3n) is 9.27. The van der Waals surface area contributed by atoms with Crippen molar-refractivity contribution in [3.05, 3.63) is 48.6 Å². The first-order valence-electron chi connectivity index (χ1n) is 22.1. The monoisotopic (exact) mass is 782 g/mol. The van der Waals surface area contributed by atoms with Gasteiger partial charge in [0.1, 0.15) is 6.10 Å². The van der Waals surface area contributed by atoms with Crippen LogP contribution in [0.4, 0.5) is 0 Å². The van der Waals surface area contributed by atoms with Crippen molar-refractivity contribution in [2.24, 2.45) is 5.73 Å². The first-order chi connectivity index (χ1) is 26.4. The summed E-state index contributed by atoms with van der Waals surface area (Å²) in [4.78, 5) is 22.4. The summed E-state index contributed by atoms with van der Waals surface area (Å²) in [6.45, 7) is 4.73. The van der Waals surface area contributed by atoms with Crippen LogP contribution in [0.5, 0.6) is 0 Å². The Labute approximate surface area is 332 Å². The molecule has 0 radical (unpaired) electrons. The van der Waals surface area contributed by atoms with E-state index in [2.05, 4.69) is 50.3 Å². The lowest BCUT2D eigenvalue weighted by atomic mass is 10.0. The Morgan fingerprint density at radius 3 is 1.44 bits per heavy atom. The van der Waals surface area contributed by atoms with Crippen molar-refractivity contribution in [1.29, 1.82) is 0 Å². The first-order valence-corrected chi connectivity index (χ1v) is 23.6. The molecule has 0 aromatic heterocycles. The van der Waals surface area contributed by atoms with Crippen molar-refractivity contribution in [1.82, 2.24) is 0 Å². The molecule has 2 atom stereocenters. The van der Waals surface area contributed by atoms with Crippen molar-refractivity contribution in [3.8, 4) is 0 Å². The fourth-order valence-corrected chi connectivity index (χ4v) is 6.84. The molecule has 2 unspecified atom stereocenters. The molecule has 0 fully saturated rings. The number of nitrogens with two attached hydrogens (primary N) is 1. The van der Waals surface area contributed by atoms with E-state index in [0.29, 0.717) is 13.0 Å². The zero-order valence-electron chi connectivity index (χ0n) is 35.0. The van der Waals surface area contributed by atoms with Crippen molar-refractivity contribution in [2.45, 2.75) is 200 Å². The summed E-state index contributed by atoms with van der Waals surface area (Å²) in [5, 5.41) is 0. The molecular weight excluding hydrogens is 697 g/mol. The largest absolute Gasteiger partial charge is 0.472 e. The van der Waals surface area contributed by atoms with E-state index < -0.39 is 19.9 Å². The van der Waals surface area contributed by atoms with Crippen LogP contribution < -0.4 is 5.73 Å². The number of phosphoric ester groups is 1. The first kappa shape index (κ1) is 52.5. The van der Waals surface area contributed by atoms with Gasteiger partial charge < -0.3 is 20.1 Å². The molecule has 0 aliphatic rings. The van der Waals surface area contributed by atoms with E-state index in [0.717, 1.165) is 38.5 Å².